The molecule has 1 aromatic heterocycles. The number of amides is 2. The SMILES string of the molecule is CC(=O)N1CCC(C(C)(O)c2cc(F)c3c(c2)C(=O)N(Cc2ccc(Cl)cn2)C3OCC2(O)CC2)CC1. The van der Waals surface area contributed by atoms with Crippen molar-refractivity contribution < 1.29 is 28.9 Å². The van der Waals surface area contributed by atoms with Crippen molar-refractivity contribution in [3.05, 3.63) is 63.7 Å². The summed E-state index contributed by atoms with van der Waals surface area (Å²) in [6.07, 6.45) is 2.75. The molecule has 2 fully saturated rings. The van der Waals surface area contributed by atoms with Crippen LogP contribution in [0.3, 0.4) is 0 Å². The van der Waals surface area contributed by atoms with Crippen LogP contribution in [0.25, 0.3) is 0 Å². The minimum atomic E-state index is -1.40. The van der Waals surface area contributed by atoms with E-state index in [9.17, 15) is 19.8 Å². The van der Waals surface area contributed by atoms with Gasteiger partial charge in [0.15, 0.2) is 6.23 Å². The van der Waals surface area contributed by atoms with Gasteiger partial charge >= 0.3 is 0 Å². The van der Waals surface area contributed by atoms with E-state index in [1.807, 2.05) is 0 Å². The fourth-order valence-corrected chi connectivity index (χ4v) is 5.38. The van der Waals surface area contributed by atoms with E-state index in [0.717, 1.165) is 0 Å². The molecule has 1 aromatic carbocycles. The van der Waals surface area contributed by atoms with Crippen molar-refractivity contribution in [1.82, 2.24) is 14.8 Å². The Hall–Kier alpha value is -2.59. The van der Waals surface area contributed by atoms with Crippen LogP contribution in [0, 0.1) is 11.7 Å². The average molecular weight is 532 g/mol. The Morgan fingerprint density at radius 1 is 1.30 bits per heavy atom. The van der Waals surface area contributed by atoms with Crippen LogP contribution in [0.5, 0.6) is 0 Å². The fourth-order valence-electron chi connectivity index (χ4n) is 5.27. The molecule has 2 atom stereocenters. The molecule has 3 heterocycles. The fraction of sp³-hybridized carbons (Fsp3) is 0.519. The lowest BCUT2D eigenvalue weighted by Gasteiger charge is -2.39. The van der Waals surface area contributed by atoms with Crippen LogP contribution in [0.15, 0.2) is 30.5 Å². The largest absolute Gasteiger partial charge is 0.387 e. The third-order valence-corrected chi connectivity index (χ3v) is 8.15. The maximum absolute atomic E-state index is 15.7. The Labute approximate surface area is 220 Å². The zero-order valence-electron chi connectivity index (χ0n) is 20.9. The Kier molecular flexibility index (Phi) is 6.77. The lowest BCUT2D eigenvalue weighted by molar-refractivity contribution is -0.132. The van der Waals surface area contributed by atoms with Crippen molar-refractivity contribution >= 4 is 23.4 Å². The van der Waals surface area contributed by atoms with Crippen LogP contribution in [0.1, 0.15) is 72.9 Å². The molecule has 2 aliphatic heterocycles. The second kappa shape index (κ2) is 9.62. The van der Waals surface area contributed by atoms with Crippen LogP contribution in [0.2, 0.25) is 5.02 Å². The number of ether oxygens (including phenoxy) is 1. The molecule has 1 aliphatic carbocycles. The molecule has 2 aromatic rings. The zero-order chi connectivity index (χ0) is 26.5. The van der Waals surface area contributed by atoms with E-state index >= 15 is 4.39 Å². The van der Waals surface area contributed by atoms with Gasteiger partial charge in [-0.25, -0.2) is 4.39 Å². The number of fused-ring (bicyclic) bond motifs is 1. The number of nitrogens with zero attached hydrogens (tertiary/aromatic N) is 3. The van der Waals surface area contributed by atoms with E-state index in [1.165, 1.54) is 24.1 Å². The number of benzene rings is 1. The summed E-state index contributed by atoms with van der Waals surface area (Å²) in [5.41, 5.74) is -1.28. The number of aromatic nitrogens is 1. The van der Waals surface area contributed by atoms with Crippen LogP contribution in [0.4, 0.5) is 4.39 Å². The lowest BCUT2D eigenvalue weighted by Crippen LogP contribution is -2.43. The summed E-state index contributed by atoms with van der Waals surface area (Å²) in [4.78, 5) is 32.7. The molecule has 0 radical (unpaired) electrons. The Balaban J connectivity index is 1.45. The number of pyridine rings is 1. The van der Waals surface area contributed by atoms with E-state index in [0.29, 0.717) is 55.1 Å². The summed E-state index contributed by atoms with van der Waals surface area (Å²) in [6.45, 7) is 4.22. The van der Waals surface area contributed by atoms with Gasteiger partial charge in [0, 0.05) is 31.8 Å². The van der Waals surface area contributed by atoms with E-state index in [4.69, 9.17) is 16.3 Å². The predicted molar refractivity (Wildman–Crippen MR) is 133 cm³/mol. The van der Waals surface area contributed by atoms with Crippen molar-refractivity contribution in [2.45, 2.75) is 63.5 Å². The van der Waals surface area contributed by atoms with Crippen LogP contribution in [-0.2, 0) is 21.7 Å². The Bertz CT molecular complexity index is 1210. The van der Waals surface area contributed by atoms with Gasteiger partial charge < -0.3 is 24.7 Å². The van der Waals surface area contributed by atoms with Gasteiger partial charge in [-0.2, -0.15) is 0 Å². The molecular formula is C27H31ClFN3O5. The second-order valence-corrected chi connectivity index (χ2v) is 11.1. The highest BCUT2D eigenvalue weighted by atomic mass is 35.5. The molecule has 10 heteroatoms. The van der Waals surface area contributed by atoms with Gasteiger partial charge in [0.05, 0.1) is 40.6 Å². The summed E-state index contributed by atoms with van der Waals surface area (Å²) in [7, 11) is 0. The quantitative estimate of drug-likeness (QED) is 0.566. The number of hydrogen-bond donors (Lipinski definition) is 2. The predicted octanol–water partition coefficient (Wildman–Crippen LogP) is 3.54. The molecule has 3 aliphatic rings. The smallest absolute Gasteiger partial charge is 0.257 e. The van der Waals surface area contributed by atoms with Crippen LogP contribution < -0.4 is 0 Å². The number of rotatable bonds is 7. The summed E-state index contributed by atoms with van der Waals surface area (Å²) in [5.74, 6) is -1.31. The first kappa shape index (κ1) is 26.0. The molecule has 198 valence electrons. The van der Waals surface area contributed by atoms with Crippen molar-refractivity contribution in [2.24, 2.45) is 5.92 Å². The molecule has 1 saturated carbocycles. The molecule has 2 N–H and O–H groups in total. The number of halogens is 2. The Morgan fingerprint density at radius 2 is 2.00 bits per heavy atom. The van der Waals surface area contributed by atoms with E-state index < -0.39 is 29.2 Å². The van der Waals surface area contributed by atoms with Crippen molar-refractivity contribution in [3.8, 4) is 0 Å². The van der Waals surface area contributed by atoms with Crippen LogP contribution in [-0.4, -0.2) is 62.1 Å². The van der Waals surface area contributed by atoms with E-state index in [-0.39, 0.29) is 36.1 Å². The molecule has 5 rings (SSSR count). The molecule has 2 amide bonds. The summed E-state index contributed by atoms with van der Waals surface area (Å²) >= 11 is 5.95. The monoisotopic (exact) mass is 531 g/mol. The normalized spacial score (nSPS) is 22.6. The van der Waals surface area contributed by atoms with Crippen molar-refractivity contribution in [3.63, 3.8) is 0 Å². The Morgan fingerprint density at radius 3 is 2.59 bits per heavy atom. The maximum Gasteiger partial charge on any atom is 0.257 e. The van der Waals surface area contributed by atoms with Crippen molar-refractivity contribution in [2.75, 3.05) is 19.7 Å². The molecule has 2 unspecified atom stereocenters. The van der Waals surface area contributed by atoms with E-state index in [2.05, 4.69) is 4.98 Å². The highest BCUT2D eigenvalue weighted by Crippen LogP contribution is 2.44. The third kappa shape index (κ3) is 5.10. The standard InChI is InChI=1S/C27H31ClFN3O5/c1-16(33)31-9-5-17(6-10-31)26(2,35)18-11-21-23(22(29)12-18)25(37-15-27(36)7-8-27)32(24(21)34)14-20-4-3-19(28)13-30-20/h3-4,11-13,17,25,35-36H,5-10,14-15H2,1-2H3. The molecule has 37 heavy (non-hydrogen) atoms. The first-order valence-electron chi connectivity index (χ1n) is 12.6. The highest BCUT2D eigenvalue weighted by molar-refractivity contribution is 6.30. The summed E-state index contributed by atoms with van der Waals surface area (Å²) in [5, 5.41) is 22.3. The molecular weight excluding hydrogens is 501 g/mol. The average Bonchev–Trinajstić information content (AvgIpc) is 3.55. The van der Waals surface area contributed by atoms with Gasteiger partial charge in [0.2, 0.25) is 5.91 Å². The van der Waals surface area contributed by atoms with Gasteiger partial charge in [0.1, 0.15) is 5.82 Å². The van der Waals surface area contributed by atoms with Gasteiger partial charge in [-0.1, -0.05) is 11.6 Å². The van der Waals surface area contributed by atoms with Gasteiger partial charge in [-0.15, -0.1) is 0 Å². The second-order valence-electron chi connectivity index (χ2n) is 10.6. The number of aliphatic hydroxyl groups is 2. The van der Waals surface area contributed by atoms with Gasteiger partial charge in [0.25, 0.3) is 5.91 Å². The zero-order valence-corrected chi connectivity index (χ0v) is 21.7. The van der Waals surface area contributed by atoms with Crippen LogP contribution >= 0.6 is 11.6 Å². The molecule has 0 bridgehead atoms. The molecule has 8 nitrogen and oxygen atoms in total. The van der Waals surface area contributed by atoms with Crippen molar-refractivity contribution in [1.29, 1.82) is 0 Å². The summed E-state index contributed by atoms with van der Waals surface area (Å²) < 4.78 is 21.7. The number of carbonyl (C=O) groups is 2. The van der Waals surface area contributed by atoms with Gasteiger partial charge in [-0.05, 0) is 68.4 Å². The summed E-state index contributed by atoms with van der Waals surface area (Å²) in [6, 6.07) is 6.17. The highest BCUT2D eigenvalue weighted by Gasteiger charge is 2.46. The van der Waals surface area contributed by atoms with E-state index in [1.54, 1.807) is 30.0 Å². The first-order chi connectivity index (χ1) is 17.5. The number of piperidine rings is 1. The molecule has 0 spiro atoms. The minimum absolute atomic E-state index is 0.00979. The number of carbonyl (C=O) groups excluding carboxylic acids is 2. The first-order valence-corrected chi connectivity index (χ1v) is 12.9. The number of likely N-dealkylation sites (tertiary alicyclic amines) is 1. The minimum Gasteiger partial charge on any atom is -0.387 e. The molecule has 1 saturated heterocycles. The maximum atomic E-state index is 15.7. The lowest BCUT2D eigenvalue weighted by atomic mass is 9.76. The topological polar surface area (TPSA) is 103 Å². The van der Waals surface area contributed by atoms with Gasteiger partial charge in [-0.3, -0.25) is 14.6 Å². The third-order valence-electron chi connectivity index (χ3n) is 7.93. The number of hydrogen-bond acceptors (Lipinski definition) is 6.